The van der Waals surface area contributed by atoms with Gasteiger partial charge >= 0.3 is 6.18 Å². The standard InChI is InChI=1S/C11H11F3N2O/c1-10(2,17)8-5-15-9-4-3-7(6-16(8)9)11(12,13)14/h3-6,17H,1-2H3. The summed E-state index contributed by atoms with van der Waals surface area (Å²) in [6, 6.07) is 2.24. The molecule has 2 heterocycles. The van der Waals surface area contributed by atoms with Gasteiger partial charge in [-0.2, -0.15) is 13.2 Å². The first kappa shape index (κ1) is 11.9. The minimum Gasteiger partial charge on any atom is -0.384 e. The van der Waals surface area contributed by atoms with Crippen molar-refractivity contribution in [3.8, 4) is 0 Å². The number of hydrogen-bond donors (Lipinski definition) is 1. The predicted molar refractivity (Wildman–Crippen MR) is 55.4 cm³/mol. The van der Waals surface area contributed by atoms with Crippen LogP contribution in [0.4, 0.5) is 13.2 Å². The first-order valence-electron chi connectivity index (χ1n) is 4.97. The number of hydrogen-bond acceptors (Lipinski definition) is 2. The molecule has 0 aromatic carbocycles. The second-order valence-electron chi connectivity index (χ2n) is 4.35. The fourth-order valence-corrected chi connectivity index (χ4v) is 1.60. The lowest BCUT2D eigenvalue weighted by atomic mass is 10.1. The molecule has 6 heteroatoms. The van der Waals surface area contributed by atoms with E-state index in [0.29, 0.717) is 11.3 Å². The lowest BCUT2D eigenvalue weighted by Gasteiger charge is -2.17. The summed E-state index contributed by atoms with van der Waals surface area (Å²) in [6.07, 6.45) is -2.10. The molecule has 0 atom stereocenters. The van der Waals surface area contributed by atoms with Gasteiger partial charge in [-0.15, -0.1) is 0 Å². The van der Waals surface area contributed by atoms with Crippen LogP contribution >= 0.6 is 0 Å². The normalized spacial score (nSPS) is 13.3. The number of aromatic nitrogens is 2. The van der Waals surface area contributed by atoms with Gasteiger partial charge in [-0.3, -0.25) is 0 Å². The van der Waals surface area contributed by atoms with Gasteiger partial charge in [-0.25, -0.2) is 4.98 Å². The maximum Gasteiger partial charge on any atom is 0.417 e. The zero-order chi connectivity index (χ0) is 12.8. The van der Waals surface area contributed by atoms with Gasteiger partial charge < -0.3 is 9.51 Å². The second-order valence-corrected chi connectivity index (χ2v) is 4.35. The third kappa shape index (κ3) is 2.12. The monoisotopic (exact) mass is 244 g/mol. The highest BCUT2D eigenvalue weighted by Gasteiger charge is 2.31. The molecule has 2 rings (SSSR count). The van der Waals surface area contributed by atoms with Crippen LogP contribution in [0.5, 0.6) is 0 Å². The van der Waals surface area contributed by atoms with E-state index < -0.39 is 17.3 Å². The van der Waals surface area contributed by atoms with E-state index in [0.717, 1.165) is 12.3 Å². The molecule has 0 spiro atoms. The highest BCUT2D eigenvalue weighted by Crippen LogP contribution is 2.30. The topological polar surface area (TPSA) is 37.5 Å². The number of imidazole rings is 1. The van der Waals surface area contributed by atoms with E-state index in [2.05, 4.69) is 4.98 Å². The van der Waals surface area contributed by atoms with Gasteiger partial charge in [0.2, 0.25) is 0 Å². The number of aliphatic hydroxyl groups is 1. The fourth-order valence-electron chi connectivity index (χ4n) is 1.60. The van der Waals surface area contributed by atoms with Crippen molar-refractivity contribution >= 4 is 5.65 Å². The molecule has 3 nitrogen and oxygen atoms in total. The average molecular weight is 244 g/mol. The van der Waals surface area contributed by atoms with Crippen molar-refractivity contribution in [3.63, 3.8) is 0 Å². The third-order valence-corrected chi connectivity index (χ3v) is 2.46. The molecule has 0 aliphatic carbocycles. The van der Waals surface area contributed by atoms with E-state index in [9.17, 15) is 18.3 Å². The van der Waals surface area contributed by atoms with E-state index in [1.165, 1.54) is 30.5 Å². The Hall–Kier alpha value is -1.56. The van der Waals surface area contributed by atoms with Crippen molar-refractivity contribution < 1.29 is 18.3 Å². The molecular formula is C11H11F3N2O. The molecule has 0 saturated carbocycles. The number of alkyl halides is 3. The van der Waals surface area contributed by atoms with Gasteiger partial charge in [0.25, 0.3) is 0 Å². The summed E-state index contributed by atoms with van der Waals surface area (Å²) in [4.78, 5) is 3.94. The summed E-state index contributed by atoms with van der Waals surface area (Å²) in [5, 5.41) is 9.83. The number of pyridine rings is 1. The quantitative estimate of drug-likeness (QED) is 0.837. The minimum atomic E-state index is -4.41. The molecule has 1 N–H and O–H groups in total. The number of nitrogens with zero attached hydrogens (tertiary/aromatic N) is 2. The maximum atomic E-state index is 12.6. The van der Waals surface area contributed by atoms with Gasteiger partial charge in [-0.1, -0.05) is 0 Å². The molecule has 0 unspecified atom stereocenters. The summed E-state index contributed by atoms with van der Waals surface area (Å²) in [6.45, 7) is 2.99. The van der Waals surface area contributed by atoms with Crippen LogP contribution in [-0.4, -0.2) is 14.5 Å². The van der Waals surface area contributed by atoms with Crippen molar-refractivity contribution in [2.24, 2.45) is 0 Å². The summed E-state index contributed by atoms with van der Waals surface area (Å²) in [5.74, 6) is 0. The zero-order valence-corrected chi connectivity index (χ0v) is 9.28. The Morgan fingerprint density at radius 2 is 1.88 bits per heavy atom. The minimum absolute atomic E-state index is 0.318. The van der Waals surface area contributed by atoms with Gasteiger partial charge in [0.15, 0.2) is 0 Å². The van der Waals surface area contributed by atoms with Crippen LogP contribution in [-0.2, 0) is 11.8 Å². The second kappa shape index (κ2) is 3.46. The van der Waals surface area contributed by atoms with Crippen LogP contribution in [0.1, 0.15) is 25.1 Å². The number of fused-ring (bicyclic) bond motifs is 1. The fraction of sp³-hybridized carbons (Fsp3) is 0.364. The van der Waals surface area contributed by atoms with Crippen molar-refractivity contribution in [2.45, 2.75) is 25.6 Å². The van der Waals surface area contributed by atoms with E-state index >= 15 is 0 Å². The zero-order valence-electron chi connectivity index (χ0n) is 9.28. The van der Waals surface area contributed by atoms with Crippen LogP contribution < -0.4 is 0 Å². The van der Waals surface area contributed by atoms with E-state index in [1.807, 2.05) is 0 Å². The van der Waals surface area contributed by atoms with Gasteiger partial charge in [0.1, 0.15) is 11.2 Å². The summed E-state index contributed by atoms with van der Waals surface area (Å²) in [7, 11) is 0. The Morgan fingerprint density at radius 3 is 2.41 bits per heavy atom. The number of halogens is 3. The largest absolute Gasteiger partial charge is 0.417 e. The molecule has 0 aliphatic rings. The van der Waals surface area contributed by atoms with E-state index in [1.54, 1.807) is 0 Å². The Labute approximate surface area is 95.5 Å². The molecule has 0 fully saturated rings. The highest BCUT2D eigenvalue weighted by atomic mass is 19.4. The van der Waals surface area contributed by atoms with Crippen molar-refractivity contribution in [1.29, 1.82) is 0 Å². The molecule has 0 saturated heterocycles. The Kier molecular flexibility index (Phi) is 2.43. The summed E-state index contributed by atoms with van der Waals surface area (Å²) >= 11 is 0. The van der Waals surface area contributed by atoms with Gasteiger partial charge in [0, 0.05) is 6.20 Å². The molecule has 17 heavy (non-hydrogen) atoms. The third-order valence-electron chi connectivity index (χ3n) is 2.46. The Bertz CT molecular complexity index is 552. The Morgan fingerprint density at radius 1 is 1.24 bits per heavy atom. The first-order valence-corrected chi connectivity index (χ1v) is 4.97. The van der Waals surface area contributed by atoms with Crippen LogP contribution in [0.25, 0.3) is 5.65 Å². The van der Waals surface area contributed by atoms with Crippen LogP contribution in [0.3, 0.4) is 0 Å². The molecule has 92 valence electrons. The highest BCUT2D eigenvalue weighted by molar-refractivity contribution is 5.43. The lowest BCUT2D eigenvalue weighted by molar-refractivity contribution is -0.137. The molecule has 2 aromatic rings. The van der Waals surface area contributed by atoms with E-state index in [4.69, 9.17) is 0 Å². The first-order chi connectivity index (χ1) is 7.69. The van der Waals surface area contributed by atoms with Crippen molar-refractivity contribution in [1.82, 2.24) is 9.38 Å². The van der Waals surface area contributed by atoms with Crippen LogP contribution in [0, 0.1) is 0 Å². The van der Waals surface area contributed by atoms with Crippen molar-refractivity contribution in [2.75, 3.05) is 0 Å². The molecule has 0 radical (unpaired) electrons. The average Bonchev–Trinajstić information content (AvgIpc) is 2.57. The van der Waals surface area contributed by atoms with Crippen LogP contribution in [0.15, 0.2) is 24.5 Å². The van der Waals surface area contributed by atoms with Gasteiger partial charge in [-0.05, 0) is 26.0 Å². The summed E-state index contributed by atoms with van der Waals surface area (Å²) in [5.41, 5.74) is -1.33. The lowest BCUT2D eigenvalue weighted by Crippen LogP contribution is -2.18. The van der Waals surface area contributed by atoms with E-state index in [-0.39, 0.29) is 0 Å². The molecule has 0 bridgehead atoms. The van der Waals surface area contributed by atoms with Crippen LogP contribution in [0.2, 0.25) is 0 Å². The van der Waals surface area contributed by atoms with Gasteiger partial charge in [0.05, 0.1) is 17.5 Å². The Balaban J connectivity index is 2.67. The smallest absolute Gasteiger partial charge is 0.384 e. The molecule has 2 aromatic heterocycles. The maximum absolute atomic E-state index is 12.6. The molecular weight excluding hydrogens is 233 g/mol. The SMILES string of the molecule is CC(C)(O)c1cnc2ccc(C(F)(F)F)cn12. The number of rotatable bonds is 1. The van der Waals surface area contributed by atoms with Crippen molar-refractivity contribution in [3.05, 3.63) is 35.8 Å². The summed E-state index contributed by atoms with van der Waals surface area (Å²) < 4.78 is 38.9. The molecule has 0 aliphatic heterocycles. The predicted octanol–water partition coefficient (Wildman–Crippen LogP) is 2.58. The molecule has 0 amide bonds.